The van der Waals surface area contributed by atoms with Gasteiger partial charge in [-0.05, 0) is 25.5 Å². The van der Waals surface area contributed by atoms with Crippen LogP contribution in [0.15, 0.2) is 39.3 Å². The van der Waals surface area contributed by atoms with Gasteiger partial charge in [0, 0.05) is 22.1 Å². The van der Waals surface area contributed by atoms with Crippen LogP contribution in [0.25, 0.3) is 11.3 Å². The zero-order valence-electron chi connectivity index (χ0n) is 10.8. The maximum Gasteiger partial charge on any atom is 0.273 e. The Labute approximate surface area is 120 Å². The molecule has 2 aromatic rings. The highest BCUT2D eigenvalue weighted by Gasteiger charge is 2.14. The Hall–Kier alpha value is -1.62. The quantitative estimate of drug-likeness (QED) is 0.935. The van der Waals surface area contributed by atoms with E-state index in [4.69, 9.17) is 4.52 Å². The molecule has 0 fully saturated rings. The summed E-state index contributed by atoms with van der Waals surface area (Å²) in [6.07, 6.45) is 0.878. The highest BCUT2D eigenvalue weighted by atomic mass is 79.9. The fourth-order valence-corrected chi connectivity index (χ4v) is 1.80. The van der Waals surface area contributed by atoms with E-state index in [9.17, 15) is 4.79 Å². The molecule has 1 atom stereocenters. The standard InChI is InChI=1S/C14H15BrN2O2/c1-3-9(2)16-14(18)12-8-13(19-17-12)10-4-6-11(15)7-5-10/h4-9H,3H2,1-2H3,(H,16,18)/t9-/m0/s1. The van der Waals surface area contributed by atoms with Crippen LogP contribution in [0.5, 0.6) is 0 Å². The van der Waals surface area contributed by atoms with Crippen LogP contribution in [-0.4, -0.2) is 17.1 Å². The molecule has 2 rings (SSSR count). The van der Waals surface area contributed by atoms with E-state index in [-0.39, 0.29) is 11.9 Å². The summed E-state index contributed by atoms with van der Waals surface area (Å²) in [6.45, 7) is 3.97. The largest absolute Gasteiger partial charge is 0.355 e. The first kappa shape index (κ1) is 13.8. The number of amides is 1. The van der Waals surface area contributed by atoms with Gasteiger partial charge in [-0.15, -0.1) is 0 Å². The third-order valence-electron chi connectivity index (χ3n) is 2.86. The van der Waals surface area contributed by atoms with Crippen molar-refractivity contribution in [3.8, 4) is 11.3 Å². The first-order valence-electron chi connectivity index (χ1n) is 6.13. The normalized spacial score (nSPS) is 12.2. The molecule has 1 heterocycles. The highest BCUT2D eigenvalue weighted by molar-refractivity contribution is 9.10. The van der Waals surface area contributed by atoms with E-state index >= 15 is 0 Å². The van der Waals surface area contributed by atoms with Crippen molar-refractivity contribution in [3.63, 3.8) is 0 Å². The SMILES string of the molecule is CC[C@H](C)NC(=O)c1cc(-c2ccc(Br)cc2)on1. The number of benzene rings is 1. The molecule has 0 radical (unpaired) electrons. The van der Waals surface area contributed by atoms with Gasteiger partial charge in [-0.2, -0.15) is 0 Å². The number of carbonyl (C=O) groups is 1. The molecule has 0 spiro atoms. The minimum Gasteiger partial charge on any atom is -0.355 e. The molecule has 100 valence electrons. The molecule has 4 nitrogen and oxygen atoms in total. The summed E-state index contributed by atoms with van der Waals surface area (Å²) in [5, 5.41) is 6.65. The molecule has 19 heavy (non-hydrogen) atoms. The molecular formula is C14H15BrN2O2. The van der Waals surface area contributed by atoms with Crippen molar-refractivity contribution in [2.45, 2.75) is 26.3 Å². The van der Waals surface area contributed by atoms with Crippen molar-refractivity contribution in [3.05, 3.63) is 40.5 Å². The average Bonchev–Trinajstić information content (AvgIpc) is 2.89. The van der Waals surface area contributed by atoms with E-state index in [0.29, 0.717) is 11.5 Å². The van der Waals surface area contributed by atoms with Gasteiger partial charge in [0.1, 0.15) is 0 Å². The molecule has 0 saturated carbocycles. The van der Waals surface area contributed by atoms with Crippen LogP contribution in [0, 0.1) is 0 Å². The van der Waals surface area contributed by atoms with E-state index in [0.717, 1.165) is 16.5 Å². The van der Waals surface area contributed by atoms with E-state index in [1.54, 1.807) is 6.07 Å². The summed E-state index contributed by atoms with van der Waals surface area (Å²) < 4.78 is 6.19. The smallest absolute Gasteiger partial charge is 0.273 e. The van der Waals surface area contributed by atoms with E-state index in [1.165, 1.54) is 0 Å². The Morgan fingerprint density at radius 1 is 1.42 bits per heavy atom. The summed E-state index contributed by atoms with van der Waals surface area (Å²) in [5.74, 6) is 0.378. The van der Waals surface area contributed by atoms with Crippen LogP contribution in [0.2, 0.25) is 0 Å². The number of aromatic nitrogens is 1. The fourth-order valence-electron chi connectivity index (χ4n) is 1.53. The number of hydrogen-bond donors (Lipinski definition) is 1. The Morgan fingerprint density at radius 3 is 2.74 bits per heavy atom. The maximum atomic E-state index is 11.9. The van der Waals surface area contributed by atoms with Crippen LogP contribution < -0.4 is 5.32 Å². The number of hydrogen-bond acceptors (Lipinski definition) is 3. The van der Waals surface area contributed by atoms with Gasteiger partial charge in [-0.1, -0.05) is 40.1 Å². The second-order valence-electron chi connectivity index (χ2n) is 4.37. The summed E-state index contributed by atoms with van der Waals surface area (Å²) in [6, 6.07) is 9.41. The molecule has 0 unspecified atom stereocenters. The number of halogens is 1. The third-order valence-corrected chi connectivity index (χ3v) is 3.39. The summed E-state index contributed by atoms with van der Waals surface area (Å²) in [5.41, 5.74) is 1.19. The molecule has 0 bridgehead atoms. The molecule has 0 aliphatic rings. The number of nitrogens with one attached hydrogen (secondary N) is 1. The first-order chi connectivity index (χ1) is 9.10. The van der Waals surface area contributed by atoms with Gasteiger partial charge >= 0.3 is 0 Å². The lowest BCUT2D eigenvalue weighted by molar-refractivity contribution is 0.0930. The van der Waals surface area contributed by atoms with Crippen molar-refractivity contribution in [2.75, 3.05) is 0 Å². The predicted molar refractivity (Wildman–Crippen MR) is 76.9 cm³/mol. The predicted octanol–water partition coefficient (Wildman–Crippen LogP) is 3.63. The summed E-state index contributed by atoms with van der Waals surface area (Å²) in [4.78, 5) is 11.9. The number of carbonyl (C=O) groups excluding carboxylic acids is 1. The Bertz CT molecular complexity index is 563. The van der Waals surface area contributed by atoms with Gasteiger partial charge in [-0.3, -0.25) is 4.79 Å². The molecule has 1 amide bonds. The molecule has 1 aromatic carbocycles. The van der Waals surface area contributed by atoms with Crippen molar-refractivity contribution in [2.24, 2.45) is 0 Å². The molecule has 1 N–H and O–H groups in total. The lowest BCUT2D eigenvalue weighted by Crippen LogP contribution is -2.32. The number of rotatable bonds is 4. The molecule has 1 aromatic heterocycles. The molecule has 0 aliphatic carbocycles. The van der Waals surface area contributed by atoms with Gasteiger partial charge in [0.2, 0.25) is 0 Å². The Kier molecular flexibility index (Phi) is 4.37. The second-order valence-corrected chi connectivity index (χ2v) is 5.28. The van der Waals surface area contributed by atoms with Gasteiger partial charge in [0.05, 0.1) is 0 Å². The maximum absolute atomic E-state index is 11.9. The van der Waals surface area contributed by atoms with Crippen LogP contribution >= 0.6 is 15.9 Å². The van der Waals surface area contributed by atoms with Crippen molar-refractivity contribution in [1.29, 1.82) is 0 Å². The highest BCUT2D eigenvalue weighted by Crippen LogP contribution is 2.22. The molecular weight excluding hydrogens is 308 g/mol. The van der Waals surface area contributed by atoms with Crippen LogP contribution in [0.3, 0.4) is 0 Å². The molecule has 0 aliphatic heterocycles. The number of nitrogens with zero attached hydrogens (tertiary/aromatic N) is 1. The topological polar surface area (TPSA) is 55.1 Å². The third kappa shape index (κ3) is 3.44. The average molecular weight is 323 g/mol. The monoisotopic (exact) mass is 322 g/mol. The Morgan fingerprint density at radius 2 is 2.11 bits per heavy atom. The van der Waals surface area contributed by atoms with Crippen molar-refractivity contribution in [1.82, 2.24) is 10.5 Å². The summed E-state index contributed by atoms with van der Waals surface area (Å²) in [7, 11) is 0. The van der Waals surface area contributed by atoms with Crippen molar-refractivity contribution >= 4 is 21.8 Å². The van der Waals surface area contributed by atoms with Crippen LogP contribution in [0.4, 0.5) is 0 Å². The molecule has 5 heteroatoms. The first-order valence-corrected chi connectivity index (χ1v) is 6.93. The minimum atomic E-state index is -0.207. The van der Waals surface area contributed by atoms with Crippen LogP contribution in [-0.2, 0) is 0 Å². The lowest BCUT2D eigenvalue weighted by atomic mass is 10.1. The van der Waals surface area contributed by atoms with E-state index in [1.807, 2.05) is 38.1 Å². The van der Waals surface area contributed by atoms with E-state index in [2.05, 4.69) is 26.4 Å². The molecule has 0 saturated heterocycles. The van der Waals surface area contributed by atoms with E-state index < -0.39 is 0 Å². The van der Waals surface area contributed by atoms with Gasteiger partial charge < -0.3 is 9.84 Å². The van der Waals surface area contributed by atoms with Gasteiger partial charge in [-0.25, -0.2) is 0 Å². The zero-order valence-corrected chi connectivity index (χ0v) is 12.4. The van der Waals surface area contributed by atoms with Gasteiger partial charge in [0.15, 0.2) is 11.5 Å². The summed E-state index contributed by atoms with van der Waals surface area (Å²) >= 11 is 3.37. The van der Waals surface area contributed by atoms with Gasteiger partial charge in [0.25, 0.3) is 5.91 Å². The second kappa shape index (κ2) is 6.02. The zero-order chi connectivity index (χ0) is 13.8. The lowest BCUT2D eigenvalue weighted by Gasteiger charge is -2.08. The van der Waals surface area contributed by atoms with Crippen LogP contribution in [0.1, 0.15) is 30.8 Å². The minimum absolute atomic E-state index is 0.125. The fraction of sp³-hybridized carbons (Fsp3) is 0.286. The Balaban J connectivity index is 2.15. The van der Waals surface area contributed by atoms with Crippen molar-refractivity contribution < 1.29 is 9.32 Å².